The van der Waals surface area contributed by atoms with Crippen LogP contribution in [-0.4, -0.2) is 27.6 Å². The number of carboxylic acids is 1. The Kier molecular flexibility index (Phi) is 4.06. The van der Waals surface area contributed by atoms with Crippen LogP contribution in [0.15, 0.2) is 6.07 Å². The molecule has 1 fully saturated rings. The van der Waals surface area contributed by atoms with Crippen LogP contribution in [0.25, 0.3) is 0 Å². The van der Waals surface area contributed by atoms with Gasteiger partial charge >= 0.3 is 5.97 Å². The summed E-state index contributed by atoms with van der Waals surface area (Å²) in [6.45, 7) is 0. The highest BCUT2D eigenvalue weighted by Gasteiger charge is 2.34. The highest BCUT2D eigenvalue weighted by Crippen LogP contribution is 2.34. The van der Waals surface area contributed by atoms with Gasteiger partial charge in [-0.2, -0.15) is 0 Å². The van der Waals surface area contributed by atoms with Gasteiger partial charge in [-0.05, 0) is 24.8 Å². The van der Waals surface area contributed by atoms with E-state index in [9.17, 15) is 9.59 Å². The molecule has 0 spiro atoms. The lowest BCUT2D eigenvalue weighted by Gasteiger charge is -2.16. The highest BCUT2D eigenvalue weighted by molar-refractivity contribution is 6.41. The van der Waals surface area contributed by atoms with Gasteiger partial charge in [0.1, 0.15) is 10.8 Å². The Morgan fingerprint density at radius 1 is 1.53 bits per heavy atom. The van der Waals surface area contributed by atoms with Gasteiger partial charge in [0.05, 0.1) is 11.4 Å². The van der Waals surface area contributed by atoms with Gasteiger partial charge < -0.3 is 15.0 Å². The van der Waals surface area contributed by atoms with Crippen LogP contribution in [0.5, 0.6) is 0 Å². The average molecular weight is 305 g/mol. The summed E-state index contributed by atoms with van der Waals surface area (Å²) in [5.41, 5.74) is 0.325. The molecule has 2 rings (SSSR count). The van der Waals surface area contributed by atoms with Crippen LogP contribution >= 0.6 is 23.2 Å². The quantitative estimate of drug-likeness (QED) is 0.877. The molecule has 7 heteroatoms. The number of amides is 1. The number of halogens is 2. The van der Waals surface area contributed by atoms with E-state index in [4.69, 9.17) is 28.3 Å². The molecular weight excluding hydrogens is 291 g/mol. The van der Waals surface area contributed by atoms with Crippen molar-refractivity contribution in [3.63, 3.8) is 0 Å². The summed E-state index contributed by atoms with van der Waals surface area (Å²) in [6, 6.07) is 1.14. The third-order valence-corrected chi connectivity index (χ3v) is 4.09. The maximum Gasteiger partial charge on any atom is 0.305 e. The second-order valence-electron chi connectivity index (χ2n) is 4.74. The molecule has 0 aliphatic heterocycles. The van der Waals surface area contributed by atoms with Crippen molar-refractivity contribution in [1.29, 1.82) is 0 Å². The predicted octanol–water partition coefficient (Wildman–Crippen LogP) is 2.31. The Morgan fingerprint density at radius 3 is 2.58 bits per heavy atom. The van der Waals surface area contributed by atoms with Gasteiger partial charge in [-0.3, -0.25) is 9.59 Å². The molecule has 104 valence electrons. The summed E-state index contributed by atoms with van der Waals surface area (Å²) in [7, 11) is 1.63. The van der Waals surface area contributed by atoms with Gasteiger partial charge in [-0.15, -0.1) is 0 Å². The van der Waals surface area contributed by atoms with Crippen LogP contribution in [0.1, 0.15) is 29.8 Å². The van der Waals surface area contributed by atoms with E-state index >= 15 is 0 Å². The van der Waals surface area contributed by atoms with Crippen LogP contribution in [0, 0.1) is 5.92 Å². The number of hydrogen-bond donors (Lipinski definition) is 2. The SMILES string of the molecule is Cn1c(C(=O)NC(CC(=O)O)C2CC2)cc(Cl)c1Cl. The summed E-state index contributed by atoms with van der Waals surface area (Å²) < 4.78 is 1.48. The third-order valence-electron chi connectivity index (χ3n) is 3.25. The van der Waals surface area contributed by atoms with Crippen LogP contribution in [-0.2, 0) is 11.8 Å². The number of carboxylic acid groups (broad SMARTS) is 1. The maximum atomic E-state index is 12.1. The zero-order valence-corrected chi connectivity index (χ0v) is 11.8. The maximum absolute atomic E-state index is 12.1. The Hall–Kier alpha value is -1.20. The van der Waals surface area contributed by atoms with Crippen molar-refractivity contribution < 1.29 is 14.7 Å². The molecule has 0 aromatic carbocycles. The first kappa shape index (κ1) is 14.2. The Balaban J connectivity index is 2.10. The number of hydrogen-bond acceptors (Lipinski definition) is 2. The molecule has 1 atom stereocenters. The Labute approximate surface area is 120 Å². The topological polar surface area (TPSA) is 71.3 Å². The fourth-order valence-electron chi connectivity index (χ4n) is 2.02. The van der Waals surface area contributed by atoms with Crippen LogP contribution in [0.2, 0.25) is 10.2 Å². The molecule has 0 bridgehead atoms. The number of nitrogens with zero attached hydrogens (tertiary/aromatic N) is 1. The molecule has 1 aromatic heterocycles. The second-order valence-corrected chi connectivity index (χ2v) is 5.51. The van der Waals surface area contributed by atoms with Crippen LogP contribution < -0.4 is 5.32 Å². The minimum atomic E-state index is -0.917. The van der Waals surface area contributed by atoms with Gasteiger partial charge in [-0.1, -0.05) is 23.2 Å². The van der Waals surface area contributed by atoms with E-state index in [1.807, 2.05) is 0 Å². The highest BCUT2D eigenvalue weighted by atomic mass is 35.5. The summed E-state index contributed by atoms with van der Waals surface area (Å²) >= 11 is 11.7. The lowest BCUT2D eigenvalue weighted by atomic mass is 10.1. The molecule has 0 saturated heterocycles. The molecule has 2 N–H and O–H groups in total. The van der Waals surface area contributed by atoms with Crippen molar-refractivity contribution in [2.75, 3.05) is 0 Å². The van der Waals surface area contributed by atoms with Gasteiger partial charge in [0.15, 0.2) is 0 Å². The number of carbonyl (C=O) groups is 2. The molecule has 1 aliphatic carbocycles. The second kappa shape index (κ2) is 5.43. The first-order chi connectivity index (χ1) is 8.90. The smallest absolute Gasteiger partial charge is 0.305 e. The first-order valence-corrected chi connectivity index (χ1v) is 6.69. The predicted molar refractivity (Wildman–Crippen MR) is 71.7 cm³/mol. The average Bonchev–Trinajstić information content (AvgIpc) is 3.12. The first-order valence-electron chi connectivity index (χ1n) is 5.93. The monoisotopic (exact) mass is 304 g/mol. The van der Waals surface area contributed by atoms with E-state index in [-0.39, 0.29) is 29.4 Å². The van der Waals surface area contributed by atoms with Crippen molar-refractivity contribution in [3.8, 4) is 0 Å². The van der Waals surface area contributed by atoms with Gasteiger partial charge in [-0.25, -0.2) is 0 Å². The van der Waals surface area contributed by atoms with E-state index in [0.29, 0.717) is 10.7 Å². The molecule has 1 unspecified atom stereocenters. The zero-order chi connectivity index (χ0) is 14.2. The number of rotatable bonds is 5. The number of nitrogens with one attached hydrogen (secondary N) is 1. The lowest BCUT2D eigenvalue weighted by Crippen LogP contribution is -2.38. The molecule has 0 radical (unpaired) electrons. The normalized spacial score (nSPS) is 16.2. The third kappa shape index (κ3) is 3.22. The molecular formula is C12H14Cl2N2O3. The number of carbonyl (C=O) groups excluding carboxylic acids is 1. The van der Waals surface area contributed by atoms with Crippen molar-refractivity contribution in [3.05, 3.63) is 21.9 Å². The van der Waals surface area contributed by atoms with Gasteiger partial charge in [0.2, 0.25) is 0 Å². The van der Waals surface area contributed by atoms with Gasteiger partial charge in [0, 0.05) is 13.1 Å². The van der Waals surface area contributed by atoms with E-state index in [1.54, 1.807) is 7.05 Å². The molecule has 5 nitrogen and oxygen atoms in total. The fraction of sp³-hybridized carbons (Fsp3) is 0.500. The van der Waals surface area contributed by atoms with E-state index < -0.39 is 5.97 Å². The summed E-state index contributed by atoms with van der Waals surface area (Å²) in [5, 5.41) is 12.2. The Morgan fingerprint density at radius 2 is 2.16 bits per heavy atom. The largest absolute Gasteiger partial charge is 0.481 e. The molecule has 1 aliphatic rings. The van der Waals surface area contributed by atoms with E-state index in [2.05, 4.69) is 5.32 Å². The van der Waals surface area contributed by atoms with Crippen LogP contribution in [0.3, 0.4) is 0 Å². The lowest BCUT2D eigenvalue weighted by molar-refractivity contribution is -0.137. The number of aliphatic carboxylic acids is 1. The molecule has 1 amide bonds. The molecule has 1 aromatic rings. The van der Waals surface area contributed by atoms with Gasteiger partial charge in [0.25, 0.3) is 5.91 Å². The molecule has 19 heavy (non-hydrogen) atoms. The van der Waals surface area contributed by atoms with Crippen LogP contribution in [0.4, 0.5) is 0 Å². The summed E-state index contributed by atoms with van der Waals surface area (Å²) in [5.74, 6) is -1.01. The molecule has 1 heterocycles. The van der Waals surface area contributed by atoms with Crippen molar-refractivity contribution in [2.45, 2.75) is 25.3 Å². The molecule has 1 saturated carbocycles. The van der Waals surface area contributed by atoms with Crippen molar-refractivity contribution >= 4 is 35.1 Å². The Bertz CT molecular complexity index is 523. The summed E-state index contributed by atoms with van der Waals surface area (Å²) in [4.78, 5) is 22.9. The minimum Gasteiger partial charge on any atom is -0.481 e. The zero-order valence-electron chi connectivity index (χ0n) is 10.3. The van der Waals surface area contributed by atoms with E-state index in [1.165, 1.54) is 10.6 Å². The number of aromatic nitrogens is 1. The standard InChI is InChI=1S/C12H14Cl2N2O3/c1-16-9(4-7(13)11(16)14)12(19)15-8(5-10(17)18)6-2-3-6/h4,6,8H,2-3,5H2,1H3,(H,15,19)(H,17,18). The van der Waals surface area contributed by atoms with Crippen molar-refractivity contribution in [1.82, 2.24) is 9.88 Å². The van der Waals surface area contributed by atoms with Crippen molar-refractivity contribution in [2.24, 2.45) is 13.0 Å². The minimum absolute atomic E-state index is 0.0672. The fourth-order valence-corrected chi connectivity index (χ4v) is 2.40. The van der Waals surface area contributed by atoms with E-state index in [0.717, 1.165) is 12.8 Å². The summed E-state index contributed by atoms with van der Waals surface area (Å²) in [6.07, 6.45) is 1.84.